The van der Waals surface area contributed by atoms with E-state index in [4.69, 9.17) is 0 Å². The second kappa shape index (κ2) is 5.40. The lowest BCUT2D eigenvalue weighted by Crippen LogP contribution is -2.57. The summed E-state index contributed by atoms with van der Waals surface area (Å²) in [5.74, 6) is -0.677. The zero-order chi connectivity index (χ0) is 15.1. The van der Waals surface area contributed by atoms with Gasteiger partial charge in [-0.05, 0) is 19.8 Å². The molecule has 4 unspecified atom stereocenters. The number of hydrogen-bond donors (Lipinski definition) is 2. The number of amides is 3. The third kappa shape index (κ3) is 2.35. The Labute approximate surface area is 127 Å². The predicted octanol–water partition coefficient (Wildman–Crippen LogP) is 0.165. The quantitative estimate of drug-likeness (QED) is 0.720. The zero-order valence-electron chi connectivity index (χ0n) is 11.8. The number of carboxylic acids is 1. The van der Waals surface area contributed by atoms with E-state index in [0.29, 0.717) is 18.8 Å². The highest BCUT2D eigenvalue weighted by atomic mass is 32.2. The number of hydrogen-bond acceptors (Lipinski definition) is 4. The highest BCUT2D eigenvalue weighted by molar-refractivity contribution is 8.00. The molecule has 8 heteroatoms. The number of carbonyl (C=O) groups is 3. The van der Waals surface area contributed by atoms with E-state index in [1.165, 1.54) is 16.7 Å². The fourth-order valence-electron chi connectivity index (χ4n) is 3.46. The molecule has 3 amide bonds. The van der Waals surface area contributed by atoms with Crippen molar-refractivity contribution in [1.29, 1.82) is 0 Å². The van der Waals surface area contributed by atoms with E-state index in [-0.39, 0.29) is 29.3 Å². The number of nitrogens with zero attached hydrogens (tertiary/aromatic N) is 2. The van der Waals surface area contributed by atoms with Crippen molar-refractivity contribution in [3.05, 3.63) is 0 Å². The summed E-state index contributed by atoms with van der Waals surface area (Å²) < 4.78 is 0. The van der Waals surface area contributed by atoms with Gasteiger partial charge in [0.15, 0.2) is 0 Å². The molecule has 0 aromatic carbocycles. The summed E-state index contributed by atoms with van der Waals surface area (Å²) in [5, 5.41) is 11.9. The van der Waals surface area contributed by atoms with Crippen LogP contribution in [-0.4, -0.2) is 69.1 Å². The standard InChI is InChI=1S/C13H19N3O4S/c1-7-16(10(6-21-7)12(18)19)13(20)15-4-2-3-8-9(15)5-14-11(8)17/h7-10H,2-6H2,1H3,(H,14,17)(H,18,19). The molecule has 3 fully saturated rings. The summed E-state index contributed by atoms with van der Waals surface area (Å²) in [7, 11) is 0. The maximum Gasteiger partial charge on any atom is 0.327 e. The minimum absolute atomic E-state index is 0.0103. The van der Waals surface area contributed by atoms with Gasteiger partial charge in [-0.1, -0.05) is 0 Å². The second-order valence-corrected chi connectivity index (χ2v) is 7.08. The first-order chi connectivity index (χ1) is 10.0. The van der Waals surface area contributed by atoms with Crippen LogP contribution in [0.3, 0.4) is 0 Å². The number of rotatable bonds is 1. The van der Waals surface area contributed by atoms with Gasteiger partial charge in [0.05, 0.1) is 17.3 Å². The van der Waals surface area contributed by atoms with Gasteiger partial charge in [-0.3, -0.25) is 9.69 Å². The highest BCUT2D eigenvalue weighted by Crippen LogP contribution is 2.33. The Kier molecular flexibility index (Phi) is 3.73. The zero-order valence-corrected chi connectivity index (χ0v) is 12.6. The molecule has 0 spiro atoms. The maximum atomic E-state index is 12.8. The molecule has 2 N–H and O–H groups in total. The van der Waals surface area contributed by atoms with Gasteiger partial charge < -0.3 is 15.3 Å². The third-order valence-electron chi connectivity index (χ3n) is 4.58. The molecule has 3 rings (SSSR count). The lowest BCUT2D eigenvalue weighted by molar-refractivity contribution is -0.141. The van der Waals surface area contributed by atoms with Gasteiger partial charge in [-0.25, -0.2) is 9.59 Å². The van der Waals surface area contributed by atoms with E-state index in [2.05, 4.69) is 5.32 Å². The number of piperidine rings is 1. The summed E-state index contributed by atoms with van der Waals surface area (Å²) >= 11 is 1.47. The molecule has 7 nitrogen and oxygen atoms in total. The maximum absolute atomic E-state index is 12.8. The van der Waals surface area contributed by atoms with Crippen molar-refractivity contribution in [2.24, 2.45) is 5.92 Å². The molecular weight excluding hydrogens is 294 g/mol. The van der Waals surface area contributed by atoms with Crippen LogP contribution in [-0.2, 0) is 9.59 Å². The van der Waals surface area contributed by atoms with Gasteiger partial charge in [-0.15, -0.1) is 11.8 Å². The van der Waals surface area contributed by atoms with Gasteiger partial charge >= 0.3 is 12.0 Å². The van der Waals surface area contributed by atoms with Gasteiger partial charge in [0.25, 0.3) is 0 Å². The molecule has 0 aliphatic carbocycles. The van der Waals surface area contributed by atoms with Crippen LogP contribution in [0.2, 0.25) is 0 Å². The van der Waals surface area contributed by atoms with E-state index < -0.39 is 12.0 Å². The van der Waals surface area contributed by atoms with Crippen LogP contribution in [0.25, 0.3) is 0 Å². The number of nitrogens with one attached hydrogen (secondary N) is 1. The predicted molar refractivity (Wildman–Crippen MR) is 76.8 cm³/mol. The summed E-state index contributed by atoms with van der Waals surface area (Å²) in [4.78, 5) is 39.1. The van der Waals surface area contributed by atoms with E-state index >= 15 is 0 Å². The Balaban J connectivity index is 1.80. The van der Waals surface area contributed by atoms with Crippen molar-refractivity contribution < 1.29 is 19.5 Å². The van der Waals surface area contributed by atoms with Crippen LogP contribution in [0.15, 0.2) is 0 Å². The molecule has 3 heterocycles. The van der Waals surface area contributed by atoms with Crippen molar-refractivity contribution in [2.45, 2.75) is 37.2 Å². The van der Waals surface area contributed by atoms with Gasteiger partial charge in [0, 0.05) is 18.8 Å². The molecule has 116 valence electrons. The third-order valence-corrected chi connectivity index (χ3v) is 5.79. The Hall–Kier alpha value is -1.44. The number of aliphatic carboxylic acids is 1. The molecule has 0 bridgehead atoms. The van der Waals surface area contributed by atoms with E-state index in [1.807, 2.05) is 6.92 Å². The number of carbonyl (C=O) groups excluding carboxylic acids is 2. The van der Waals surface area contributed by atoms with Crippen molar-refractivity contribution >= 4 is 29.7 Å². The largest absolute Gasteiger partial charge is 0.480 e. The summed E-state index contributed by atoms with van der Waals surface area (Å²) in [5.41, 5.74) is 0. The molecule has 0 saturated carbocycles. The van der Waals surface area contributed by atoms with Crippen LogP contribution in [0.4, 0.5) is 4.79 Å². The highest BCUT2D eigenvalue weighted by Gasteiger charge is 2.47. The summed E-state index contributed by atoms with van der Waals surface area (Å²) in [6.45, 7) is 2.92. The first kappa shape index (κ1) is 14.5. The number of fused-ring (bicyclic) bond motifs is 1. The normalized spacial score (nSPS) is 35.6. The molecule has 0 radical (unpaired) electrons. The van der Waals surface area contributed by atoms with Crippen LogP contribution in [0, 0.1) is 5.92 Å². The smallest absolute Gasteiger partial charge is 0.327 e. The van der Waals surface area contributed by atoms with E-state index in [9.17, 15) is 19.5 Å². The second-order valence-electron chi connectivity index (χ2n) is 5.73. The van der Waals surface area contributed by atoms with Gasteiger partial charge in [0.2, 0.25) is 5.91 Å². The summed E-state index contributed by atoms with van der Waals surface area (Å²) in [6.07, 6.45) is 1.58. The molecule has 0 aromatic heterocycles. The Morgan fingerprint density at radius 1 is 1.43 bits per heavy atom. The lowest BCUT2D eigenvalue weighted by Gasteiger charge is -2.40. The minimum atomic E-state index is -0.964. The van der Waals surface area contributed by atoms with E-state index in [0.717, 1.165) is 12.8 Å². The van der Waals surface area contributed by atoms with Gasteiger partial charge in [-0.2, -0.15) is 0 Å². The Morgan fingerprint density at radius 3 is 2.90 bits per heavy atom. The fourth-order valence-corrected chi connectivity index (χ4v) is 4.62. The van der Waals surface area contributed by atoms with Crippen molar-refractivity contribution in [1.82, 2.24) is 15.1 Å². The van der Waals surface area contributed by atoms with Crippen molar-refractivity contribution in [3.8, 4) is 0 Å². The monoisotopic (exact) mass is 313 g/mol. The van der Waals surface area contributed by atoms with Crippen molar-refractivity contribution in [3.63, 3.8) is 0 Å². The SMILES string of the molecule is CC1SCC(C(=O)O)N1C(=O)N1CCCC2C(=O)NCC21. The first-order valence-corrected chi connectivity index (χ1v) is 8.26. The van der Waals surface area contributed by atoms with Crippen LogP contribution in [0.1, 0.15) is 19.8 Å². The summed E-state index contributed by atoms with van der Waals surface area (Å²) in [6, 6.07) is -1.15. The molecule has 3 aliphatic rings. The minimum Gasteiger partial charge on any atom is -0.480 e. The van der Waals surface area contributed by atoms with Gasteiger partial charge in [0.1, 0.15) is 6.04 Å². The molecule has 21 heavy (non-hydrogen) atoms. The Bertz CT molecular complexity index is 486. The van der Waals surface area contributed by atoms with Crippen LogP contribution >= 0.6 is 11.8 Å². The number of carboxylic acid groups (broad SMARTS) is 1. The average molecular weight is 313 g/mol. The molecule has 3 aliphatic heterocycles. The average Bonchev–Trinajstić information content (AvgIpc) is 3.02. The number of urea groups is 1. The number of thioether (sulfide) groups is 1. The Morgan fingerprint density at radius 2 is 2.19 bits per heavy atom. The molecule has 0 aromatic rings. The molecule has 3 saturated heterocycles. The van der Waals surface area contributed by atoms with Crippen LogP contribution in [0.5, 0.6) is 0 Å². The molecule has 4 atom stereocenters. The fraction of sp³-hybridized carbons (Fsp3) is 0.769. The van der Waals surface area contributed by atoms with Crippen LogP contribution < -0.4 is 5.32 Å². The molecular formula is C13H19N3O4S. The van der Waals surface area contributed by atoms with Crippen molar-refractivity contribution in [2.75, 3.05) is 18.8 Å². The first-order valence-electron chi connectivity index (χ1n) is 7.21. The van der Waals surface area contributed by atoms with E-state index in [1.54, 1.807) is 4.90 Å². The lowest BCUT2D eigenvalue weighted by atomic mass is 9.92. The number of likely N-dealkylation sites (tertiary alicyclic amines) is 1. The topological polar surface area (TPSA) is 90.0 Å².